The minimum atomic E-state index is -3.21. The van der Waals surface area contributed by atoms with Crippen molar-refractivity contribution in [1.82, 2.24) is 9.99 Å². The molecule has 30 heavy (non-hydrogen) atoms. The lowest BCUT2D eigenvalue weighted by molar-refractivity contribution is -0.139. The molecule has 0 aliphatic carbocycles. The monoisotopic (exact) mass is 431 g/mol. The topological polar surface area (TPSA) is 126 Å². The van der Waals surface area contributed by atoms with E-state index in [1.807, 2.05) is 18.2 Å². The summed E-state index contributed by atoms with van der Waals surface area (Å²) >= 11 is 0. The highest BCUT2D eigenvalue weighted by molar-refractivity contribution is 7.91. The highest BCUT2D eigenvalue weighted by atomic mass is 32.2. The van der Waals surface area contributed by atoms with Crippen molar-refractivity contribution in [3.63, 3.8) is 0 Å². The van der Waals surface area contributed by atoms with Crippen molar-refractivity contribution in [2.45, 2.75) is 38.3 Å². The Bertz CT molecular complexity index is 1170. The smallest absolute Gasteiger partial charge is 0.355 e. The van der Waals surface area contributed by atoms with Crippen molar-refractivity contribution in [1.29, 1.82) is 0 Å². The van der Waals surface area contributed by atoms with Gasteiger partial charge in [0.2, 0.25) is 11.7 Å². The predicted molar refractivity (Wildman–Crippen MR) is 109 cm³/mol. The van der Waals surface area contributed by atoms with Crippen LogP contribution in [0.4, 0.5) is 0 Å². The minimum absolute atomic E-state index is 0.00704. The number of nitrogens with zero attached hydrogens (tertiary/aromatic N) is 2. The van der Waals surface area contributed by atoms with Crippen LogP contribution >= 0.6 is 0 Å². The van der Waals surface area contributed by atoms with Crippen LogP contribution in [-0.4, -0.2) is 65.4 Å². The van der Waals surface area contributed by atoms with Crippen molar-refractivity contribution in [2.24, 2.45) is 5.10 Å². The van der Waals surface area contributed by atoms with Crippen molar-refractivity contribution < 1.29 is 27.5 Å². The van der Waals surface area contributed by atoms with Crippen LogP contribution in [0, 0.1) is 0 Å². The SMILES string of the molecule is C[C@H](OC(=O)C1=NN([C@H]2CCS(=O)(=O)C2)C(=O)CC1)C(=O)c1c[nH]c2ccccc12. The molecule has 1 amide bonds. The highest BCUT2D eigenvalue weighted by Gasteiger charge is 2.38. The van der Waals surface area contributed by atoms with Gasteiger partial charge in [-0.1, -0.05) is 18.2 Å². The molecule has 0 saturated carbocycles. The van der Waals surface area contributed by atoms with Crippen LogP contribution < -0.4 is 0 Å². The zero-order valence-corrected chi connectivity index (χ0v) is 17.1. The third-order valence-electron chi connectivity index (χ3n) is 5.36. The standard InChI is InChI=1S/C20H21N3O6S/c1-12(19(25)15-10-21-16-5-3-2-4-14(15)16)29-20(26)17-6-7-18(24)23(22-17)13-8-9-30(27,28)11-13/h2-5,10,12-13,21H,6-9,11H2,1H3/t12-,13-/m0/s1. The molecule has 9 nitrogen and oxygen atoms in total. The molecular weight excluding hydrogens is 410 g/mol. The second-order valence-corrected chi connectivity index (χ2v) is 9.73. The summed E-state index contributed by atoms with van der Waals surface area (Å²) in [6.07, 6.45) is 0.945. The summed E-state index contributed by atoms with van der Waals surface area (Å²) in [5, 5.41) is 5.91. The number of para-hydroxylation sites is 1. The number of H-pyrrole nitrogens is 1. The Morgan fingerprint density at radius 2 is 2.03 bits per heavy atom. The quantitative estimate of drug-likeness (QED) is 0.564. The number of hydrogen-bond donors (Lipinski definition) is 1. The van der Waals surface area contributed by atoms with Gasteiger partial charge in [0.1, 0.15) is 5.71 Å². The summed E-state index contributed by atoms with van der Waals surface area (Å²) in [6, 6.07) is 6.73. The van der Waals surface area contributed by atoms with Crippen molar-refractivity contribution in [2.75, 3.05) is 11.5 Å². The average molecular weight is 431 g/mol. The Hall–Kier alpha value is -3.01. The molecule has 1 aromatic heterocycles. The van der Waals surface area contributed by atoms with Gasteiger partial charge >= 0.3 is 5.97 Å². The maximum Gasteiger partial charge on any atom is 0.355 e. The Balaban J connectivity index is 1.48. The number of Topliss-reactive ketones (excluding diaryl/α,β-unsaturated/α-hetero) is 1. The number of carbonyl (C=O) groups is 3. The predicted octanol–water partition coefficient (Wildman–Crippen LogP) is 1.45. The van der Waals surface area contributed by atoms with Crippen molar-refractivity contribution in [3.8, 4) is 0 Å². The van der Waals surface area contributed by atoms with Gasteiger partial charge in [0.15, 0.2) is 15.9 Å². The minimum Gasteiger partial charge on any atom is -0.450 e. The van der Waals surface area contributed by atoms with E-state index in [1.165, 1.54) is 6.92 Å². The first-order valence-electron chi connectivity index (χ1n) is 9.66. The number of ether oxygens (including phenoxy) is 1. The Kier molecular flexibility index (Phi) is 5.19. The fourth-order valence-corrected chi connectivity index (χ4v) is 5.44. The van der Waals surface area contributed by atoms with Gasteiger partial charge in [-0.25, -0.2) is 18.2 Å². The molecule has 0 unspecified atom stereocenters. The van der Waals surface area contributed by atoms with Gasteiger partial charge in [0.05, 0.1) is 17.5 Å². The Labute approximate surface area is 173 Å². The van der Waals surface area contributed by atoms with Crippen LogP contribution in [0.2, 0.25) is 0 Å². The number of hydrazone groups is 1. The number of nitrogens with one attached hydrogen (secondary N) is 1. The van der Waals surface area contributed by atoms with Crippen LogP contribution in [0.1, 0.15) is 36.5 Å². The lowest BCUT2D eigenvalue weighted by Gasteiger charge is -2.27. The summed E-state index contributed by atoms with van der Waals surface area (Å²) in [6.45, 7) is 1.48. The molecule has 3 heterocycles. The first-order valence-corrected chi connectivity index (χ1v) is 11.5. The summed E-state index contributed by atoms with van der Waals surface area (Å²) in [4.78, 5) is 40.5. The molecule has 2 atom stereocenters. The van der Waals surface area contributed by atoms with Gasteiger partial charge in [-0.05, 0) is 19.4 Å². The van der Waals surface area contributed by atoms with Gasteiger partial charge in [-0.2, -0.15) is 5.10 Å². The zero-order valence-electron chi connectivity index (χ0n) is 16.3. The van der Waals surface area contributed by atoms with Crippen LogP contribution in [0.15, 0.2) is 35.6 Å². The number of hydrogen-bond acceptors (Lipinski definition) is 7. The van der Waals surface area contributed by atoms with Crippen LogP contribution in [0.5, 0.6) is 0 Å². The molecule has 1 aromatic carbocycles. The average Bonchev–Trinajstić information content (AvgIpc) is 3.30. The normalized spacial score (nSPS) is 22.0. The van der Waals surface area contributed by atoms with E-state index in [0.29, 0.717) is 5.56 Å². The van der Waals surface area contributed by atoms with Gasteiger partial charge in [0.25, 0.3) is 0 Å². The number of amides is 1. The van der Waals surface area contributed by atoms with Crippen LogP contribution in [0.25, 0.3) is 10.9 Å². The van der Waals surface area contributed by atoms with Crippen molar-refractivity contribution in [3.05, 3.63) is 36.0 Å². The first kappa shape index (κ1) is 20.3. The van der Waals surface area contributed by atoms with E-state index in [1.54, 1.807) is 12.3 Å². The fourth-order valence-electron chi connectivity index (χ4n) is 3.75. The maximum absolute atomic E-state index is 12.8. The van der Waals surface area contributed by atoms with E-state index in [0.717, 1.165) is 15.9 Å². The molecule has 2 aliphatic rings. The summed E-state index contributed by atoms with van der Waals surface area (Å²) < 4.78 is 28.7. The zero-order chi connectivity index (χ0) is 21.5. The maximum atomic E-state index is 12.8. The molecule has 0 bridgehead atoms. The molecule has 4 rings (SSSR count). The lowest BCUT2D eigenvalue weighted by atomic mass is 10.1. The third kappa shape index (κ3) is 3.87. The highest BCUT2D eigenvalue weighted by Crippen LogP contribution is 2.23. The van der Waals surface area contributed by atoms with Gasteiger partial charge in [0, 0.05) is 35.5 Å². The Morgan fingerprint density at radius 1 is 1.27 bits per heavy atom. The van der Waals surface area contributed by atoms with E-state index >= 15 is 0 Å². The van der Waals surface area contributed by atoms with E-state index in [2.05, 4.69) is 10.1 Å². The number of rotatable bonds is 5. The van der Waals surface area contributed by atoms with Gasteiger partial charge in [-0.15, -0.1) is 0 Å². The van der Waals surface area contributed by atoms with E-state index in [9.17, 15) is 22.8 Å². The molecule has 158 valence electrons. The summed E-state index contributed by atoms with van der Waals surface area (Å²) in [7, 11) is -3.21. The number of carbonyl (C=O) groups excluding carboxylic acids is 3. The number of fused-ring (bicyclic) bond motifs is 1. The van der Waals surface area contributed by atoms with E-state index in [-0.39, 0.29) is 48.2 Å². The molecule has 2 aliphatic heterocycles. The Morgan fingerprint density at radius 3 is 2.77 bits per heavy atom. The van der Waals surface area contributed by atoms with Gasteiger partial charge < -0.3 is 9.72 Å². The fraction of sp³-hybridized carbons (Fsp3) is 0.400. The van der Waals surface area contributed by atoms with Crippen LogP contribution in [0.3, 0.4) is 0 Å². The number of esters is 1. The largest absolute Gasteiger partial charge is 0.450 e. The van der Waals surface area contributed by atoms with Crippen molar-refractivity contribution >= 4 is 44.1 Å². The summed E-state index contributed by atoms with van der Waals surface area (Å²) in [5.74, 6) is -1.63. The third-order valence-corrected chi connectivity index (χ3v) is 7.11. The molecule has 10 heteroatoms. The lowest BCUT2D eigenvalue weighted by Crippen LogP contribution is -2.42. The molecule has 2 aromatic rings. The number of sulfone groups is 1. The van der Waals surface area contributed by atoms with E-state index < -0.39 is 28.0 Å². The number of aromatic nitrogens is 1. The molecule has 1 fully saturated rings. The number of ketones is 1. The summed E-state index contributed by atoms with van der Waals surface area (Å²) in [5.41, 5.74) is 1.23. The molecular formula is C20H21N3O6S. The molecule has 0 radical (unpaired) electrons. The number of benzene rings is 1. The molecule has 1 N–H and O–H groups in total. The molecule has 1 saturated heterocycles. The second-order valence-electron chi connectivity index (χ2n) is 7.50. The number of aromatic amines is 1. The second kappa shape index (κ2) is 7.67. The van der Waals surface area contributed by atoms with Gasteiger partial charge in [-0.3, -0.25) is 9.59 Å². The molecule has 0 spiro atoms. The van der Waals surface area contributed by atoms with Crippen LogP contribution in [-0.2, 0) is 24.2 Å². The van der Waals surface area contributed by atoms with E-state index in [4.69, 9.17) is 4.74 Å². The first-order chi connectivity index (χ1) is 14.2.